The first-order valence-electron chi connectivity index (χ1n) is 3.96. The lowest BCUT2D eigenvalue weighted by atomic mass is 10.1. The molecule has 0 radical (unpaired) electrons. The van der Waals surface area contributed by atoms with Crippen molar-refractivity contribution in [2.45, 2.75) is 12.2 Å². The number of aromatic hydroxyl groups is 1. The van der Waals surface area contributed by atoms with Crippen LogP contribution in [0.3, 0.4) is 0 Å². The van der Waals surface area contributed by atoms with Crippen molar-refractivity contribution in [3.63, 3.8) is 0 Å². The zero-order chi connectivity index (χ0) is 10.7. The smallest absolute Gasteiger partial charge is 0.134 e. The second-order valence-electron chi connectivity index (χ2n) is 2.88. The molecule has 0 heterocycles. The average Bonchev–Trinajstić information content (AvgIpc) is 2.20. The third-order valence-electron chi connectivity index (χ3n) is 1.83. The van der Waals surface area contributed by atoms with Crippen LogP contribution in [0.15, 0.2) is 18.2 Å². The molecule has 0 spiro atoms. The van der Waals surface area contributed by atoms with E-state index in [0.29, 0.717) is 5.56 Å². The van der Waals surface area contributed by atoms with E-state index in [2.05, 4.69) is 0 Å². The number of benzene rings is 1. The summed E-state index contributed by atoms with van der Waals surface area (Å²) in [5.41, 5.74) is 0.375. The predicted octanol–water partition coefficient (Wildman–Crippen LogP) is 1.68. The molecule has 0 amide bonds. The van der Waals surface area contributed by atoms with Gasteiger partial charge in [0.15, 0.2) is 0 Å². The maximum absolute atomic E-state index is 9.52. The number of hydrogen-bond acceptors (Lipinski definition) is 3. The highest BCUT2D eigenvalue weighted by Gasteiger charge is 2.18. The van der Waals surface area contributed by atoms with Gasteiger partial charge >= 0.3 is 0 Å². The van der Waals surface area contributed by atoms with Crippen molar-refractivity contribution in [3.05, 3.63) is 28.8 Å². The third-order valence-corrected chi connectivity index (χ3v) is 2.47. The Balaban J connectivity index is 2.91. The average molecular weight is 237 g/mol. The molecule has 3 nitrogen and oxygen atoms in total. The molecule has 0 aromatic heterocycles. The monoisotopic (exact) mass is 236 g/mol. The Hall–Kier alpha value is -0.480. The van der Waals surface area contributed by atoms with Gasteiger partial charge in [0.25, 0.3) is 0 Å². The van der Waals surface area contributed by atoms with Gasteiger partial charge in [-0.1, -0.05) is 17.7 Å². The Morgan fingerprint density at radius 2 is 1.93 bits per heavy atom. The molecule has 0 fully saturated rings. The van der Waals surface area contributed by atoms with Crippen LogP contribution in [0.25, 0.3) is 0 Å². The van der Waals surface area contributed by atoms with Crippen molar-refractivity contribution in [1.82, 2.24) is 0 Å². The van der Waals surface area contributed by atoms with E-state index in [1.54, 1.807) is 0 Å². The summed E-state index contributed by atoms with van der Waals surface area (Å²) in [4.78, 5) is 0. The van der Waals surface area contributed by atoms with Gasteiger partial charge in [-0.3, -0.25) is 0 Å². The molecule has 0 aliphatic heterocycles. The van der Waals surface area contributed by atoms with E-state index in [-0.39, 0.29) is 16.7 Å². The molecule has 0 saturated carbocycles. The van der Waals surface area contributed by atoms with Gasteiger partial charge in [0.2, 0.25) is 0 Å². The summed E-state index contributed by atoms with van der Waals surface area (Å²) in [5.74, 6) is -0.213. The van der Waals surface area contributed by atoms with Gasteiger partial charge in [-0.25, -0.2) is 0 Å². The number of hydrogen-bond donors (Lipinski definition) is 3. The highest BCUT2D eigenvalue weighted by Crippen LogP contribution is 2.28. The summed E-state index contributed by atoms with van der Waals surface area (Å²) < 4.78 is 0. The summed E-state index contributed by atoms with van der Waals surface area (Å²) in [6.07, 6.45) is -2.17. The summed E-state index contributed by atoms with van der Waals surface area (Å²) in [5, 5.41) is 28.2. The lowest BCUT2D eigenvalue weighted by Crippen LogP contribution is -2.19. The Bertz CT molecular complexity index is 317. The fourth-order valence-electron chi connectivity index (χ4n) is 1.02. The van der Waals surface area contributed by atoms with E-state index >= 15 is 0 Å². The second-order valence-corrected chi connectivity index (χ2v) is 3.59. The number of halogens is 2. The van der Waals surface area contributed by atoms with E-state index in [4.69, 9.17) is 23.2 Å². The number of phenols is 1. The molecular formula is C9H10Cl2O3. The molecule has 78 valence electrons. The fourth-order valence-corrected chi connectivity index (χ4v) is 1.31. The molecule has 3 N–H and O–H groups in total. The topological polar surface area (TPSA) is 60.7 Å². The van der Waals surface area contributed by atoms with Crippen molar-refractivity contribution in [3.8, 4) is 5.75 Å². The molecule has 2 atom stereocenters. The van der Waals surface area contributed by atoms with Crippen LogP contribution in [0.4, 0.5) is 0 Å². The fraction of sp³-hybridized carbons (Fsp3) is 0.333. The maximum atomic E-state index is 9.52. The zero-order valence-corrected chi connectivity index (χ0v) is 8.70. The SMILES string of the molecule is Oc1cc(C(O)C(O)CCl)ccc1Cl. The van der Waals surface area contributed by atoms with Crippen LogP contribution in [0.1, 0.15) is 11.7 Å². The highest BCUT2D eigenvalue weighted by molar-refractivity contribution is 6.32. The van der Waals surface area contributed by atoms with E-state index in [0.717, 1.165) is 0 Å². The van der Waals surface area contributed by atoms with Crippen molar-refractivity contribution in [1.29, 1.82) is 0 Å². The Morgan fingerprint density at radius 1 is 1.29 bits per heavy atom. The number of aliphatic hydroxyl groups is 2. The molecule has 0 aliphatic carbocycles. The quantitative estimate of drug-likeness (QED) is 0.701. The van der Waals surface area contributed by atoms with Crippen LogP contribution in [0.5, 0.6) is 5.75 Å². The first-order valence-corrected chi connectivity index (χ1v) is 4.88. The van der Waals surface area contributed by atoms with Crippen LogP contribution in [-0.2, 0) is 0 Å². The van der Waals surface area contributed by atoms with Gasteiger partial charge < -0.3 is 15.3 Å². The van der Waals surface area contributed by atoms with Crippen molar-refractivity contribution in [2.75, 3.05) is 5.88 Å². The van der Waals surface area contributed by atoms with Gasteiger partial charge in [0.1, 0.15) is 11.9 Å². The van der Waals surface area contributed by atoms with Crippen LogP contribution in [0.2, 0.25) is 5.02 Å². The molecular weight excluding hydrogens is 227 g/mol. The van der Waals surface area contributed by atoms with Crippen molar-refractivity contribution in [2.24, 2.45) is 0 Å². The maximum Gasteiger partial charge on any atom is 0.134 e. The summed E-state index contributed by atoms with van der Waals surface area (Å²) in [6.45, 7) is 0. The third kappa shape index (κ3) is 2.51. The summed E-state index contributed by atoms with van der Waals surface area (Å²) in [6, 6.07) is 4.25. The van der Waals surface area contributed by atoms with Crippen LogP contribution in [-0.4, -0.2) is 27.3 Å². The lowest BCUT2D eigenvalue weighted by Gasteiger charge is -2.15. The number of alkyl halides is 1. The van der Waals surface area contributed by atoms with Gasteiger partial charge in [-0.05, 0) is 17.7 Å². The molecule has 1 aromatic carbocycles. The molecule has 0 saturated heterocycles. The van der Waals surface area contributed by atoms with Gasteiger partial charge in [-0.2, -0.15) is 0 Å². The second kappa shape index (κ2) is 4.84. The number of phenolic OH excluding ortho intramolecular Hbond substituents is 1. The number of rotatable bonds is 3. The first kappa shape index (κ1) is 11.6. The van der Waals surface area contributed by atoms with Crippen LogP contribution in [0, 0.1) is 0 Å². The minimum absolute atomic E-state index is 0.0788. The molecule has 14 heavy (non-hydrogen) atoms. The minimum Gasteiger partial charge on any atom is -0.506 e. The lowest BCUT2D eigenvalue weighted by molar-refractivity contribution is 0.0326. The Labute approximate surface area is 91.5 Å². The predicted molar refractivity (Wildman–Crippen MR) is 54.8 cm³/mol. The van der Waals surface area contributed by atoms with E-state index < -0.39 is 12.2 Å². The van der Waals surface area contributed by atoms with Gasteiger partial charge in [-0.15, -0.1) is 11.6 Å². The van der Waals surface area contributed by atoms with E-state index in [1.165, 1.54) is 18.2 Å². The summed E-state index contributed by atoms with van der Waals surface area (Å²) >= 11 is 10.9. The summed E-state index contributed by atoms with van der Waals surface area (Å²) in [7, 11) is 0. The Morgan fingerprint density at radius 3 is 2.43 bits per heavy atom. The highest BCUT2D eigenvalue weighted by atomic mass is 35.5. The molecule has 1 rings (SSSR count). The largest absolute Gasteiger partial charge is 0.506 e. The minimum atomic E-state index is -1.12. The van der Waals surface area contributed by atoms with Crippen LogP contribution < -0.4 is 0 Å². The van der Waals surface area contributed by atoms with Gasteiger partial charge in [0.05, 0.1) is 17.0 Å². The van der Waals surface area contributed by atoms with Gasteiger partial charge in [0, 0.05) is 0 Å². The van der Waals surface area contributed by atoms with E-state index in [9.17, 15) is 15.3 Å². The zero-order valence-electron chi connectivity index (χ0n) is 7.19. The Kier molecular flexibility index (Phi) is 4.01. The molecule has 2 unspecified atom stereocenters. The van der Waals surface area contributed by atoms with Crippen LogP contribution >= 0.6 is 23.2 Å². The molecule has 5 heteroatoms. The first-order chi connectivity index (χ1) is 6.56. The molecule has 0 bridgehead atoms. The standard InChI is InChI=1S/C9H10Cl2O3/c10-4-8(13)9(14)5-1-2-6(11)7(12)3-5/h1-3,8-9,12-14H,4H2. The van der Waals surface area contributed by atoms with E-state index in [1.807, 2.05) is 0 Å². The van der Waals surface area contributed by atoms with Crippen molar-refractivity contribution < 1.29 is 15.3 Å². The van der Waals surface area contributed by atoms with Crippen molar-refractivity contribution >= 4 is 23.2 Å². The number of aliphatic hydroxyl groups excluding tert-OH is 2. The normalized spacial score (nSPS) is 15.1. The molecule has 0 aliphatic rings. The molecule has 1 aromatic rings.